The predicted octanol–water partition coefficient (Wildman–Crippen LogP) is 3.75. The number of halogens is 1. The van der Waals surface area contributed by atoms with E-state index in [9.17, 15) is 4.79 Å². The number of hydrogen-bond acceptors (Lipinski definition) is 3. The second-order valence-corrected chi connectivity index (χ2v) is 4.82. The summed E-state index contributed by atoms with van der Waals surface area (Å²) in [5.41, 5.74) is 1.97. The summed E-state index contributed by atoms with van der Waals surface area (Å²) >= 11 is 11.1. The van der Waals surface area contributed by atoms with Crippen LogP contribution in [0.25, 0.3) is 0 Å². The first-order chi connectivity index (χ1) is 9.56. The average molecular weight is 306 g/mol. The number of carbonyl (C=O) groups excluding carboxylic acids is 1. The zero-order valence-electron chi connectivity index (χ0n) is 10.7. The number of Topliss-reactive ketones (excluding diaryl/α,β-unsaturated/α-hetero) is 1. The lowest BCUT2D eigenvalue weighted by atomic mass is 10.1. The number of aromatic nitrogens is 1. The largest absolute Gasteiger partial charge is 0.332 e. The summed E-state index contributed by atoms with van der Waals surface area (Å²) in [6.45, 7) is 1.52. The molecule has 0 amide bonds. The molecule has 2 aromatic rings. The summed E-state index contributed by atoms with van der Waals surface area (Å²) < 4.78 is 0. The van der Waals surface area contributed by atoms with Gasteiger partial charge in [-0.2, -0.15) is 0 Å². The van der Waals surface area contributed by atoms with Crippen LogP contribution in [0.4, 0.5) is 11.4 Å². The average Bonchev–Trinajstić information content (AvgIpc) is 2.41. The number of pyridine rings is 1. The van der Waals surface area contributed by atoms with E-state index in [1.165, 1.54) is 6.92 Å². The van der Waals surface area contributed by atoms with Crippen molar-refractivity contribution in [2.45, 2.75) is 6.92 Å². The van der Waals surface area contributed by atoms with Crippen molar-refractivity contribution >= 4 is 46.1 Å². The van der Waals surface area contributed by atoms with Gasteiger partial charge in [0.2, 0.25) is 0 Å². The Morgan fingerprint density at radius 3 is 2.75 bits per heavy atom. The number of nitrogens with one attached hydrogen (secondary N) is 2. The van der Waals surface area contributed by atoms with Gasteiger partial charge in [-0.15, -0.1) is 0 Å². The molecule has 0 aliphatic heterocycles. The number of carbonyl (C=O) groups is 1. The number of hydrogen-bond donors (Lipinski definition) is 2. The van der Waals surface area contributed by atoms with Crippen LogP contribution in [0.5, 0.6) is 0 Å². The maximum atomic E-state index is 11.3. The van der Waals surface area contributed by atoms with Gasteiger partial charge in [0.05, 0.1) is 5.69 Å². The fourth-order valence-corrected chi connectivity index (χ4v) is 1.97. The molecule has 0 bridgehead atoms. The van der Waals surface area contributed by atoms with Gasteiger partial charge in [0.25, 0.3) is 0 Å². The van der Waals surface area contributed by atoms with E-state index in [-0.39, 0.29) is 5.78 Å². The Kier molecular flexibility index (Phi) is 4.65. The van der Waals surface area contributed by atoms with Crippen molar-refractivity contribution in [3.8, 4) is 0 Å². The number of benzene rings is 1. The van der Waals surface area contributed by atoms with Crippen LogP contribution in [0.1, 0.15) is 17.3 Å². The standard InChI is InChI=1S/C14H12ClN3OS/c1-9(19)10-4-2-5-11(8-10)17-14(20)18-12-6-3-7-16-13(12)15/h2-8H,1H3,(H2,17,18,20). The van der Waals surface area contributed by atoms with E-state index in [1.807, 2.05) is 6.07 Å². The van der Waals surface area contributed by atoms with E-state index in [0.29, 0.717) is 21.5 Å². The smallest absolute Gasteiger partial charge is 0.175 e. The van der Waals surface area contributed by atoms with Gasteiger partial charge >= 0.3 is 0 Å². The summed E-state index contributed by atoms with van der Waals surface area (Å²) in [4.78, 5) is 15.3. The summed E-state index contributed by atoms with van der Waals surface area (Å²) in [5, 5.41) is 6.66. The summed E-state index contributed by atoms with van der Waals surface area (Å²) in [5.74, 6) is 0.00262. The molecule has 0 saturated heterocycles. The van der Waals surface area contributed by atoms with Crippen molar-refractivity contribution in [1.82, 2.24) is 4.98 Å². The number of ketones is 1. The lowest BCUT2D eigenvalue weighted by Gasteiger charge is -2.11. The van der Waals surface area contributed by atoms with Gasteiger partial charge in [0.15, 0.2) is 16.0 Å². The number of thiocarbonyl (C=S) groups is 1. The van der Waals surface area contributed by atoms with E-state index >= 15 is 0 Å². The molecule has 0 fully saturated rings. The highest BCUT2D eigenvalue weighted by atomic mass is 35.5. The minimum absolute atomic E-state index is 0.00262. The molecule has 1 heterocycles. The van der Waals surface area contributed by atoms with Gasteiger partial charge in [-0.25, -0.2) is 4.98 Å². The van der Waals surface area contributed by atoms with Gasteiger partial charge in [-0.3, -0.25) is 4.79 Å². The summed E-state index contributed by atoms with van der Waals surface area (Å²) in [6, 6.07) is 10.6. The van der Waals surface area contributed by atoms with Crippen LogP contribution in [0.2, 0.25) is 5.15 Å². The molecular weight excluding hydrogens is 294 g/mol. The lowest BCUT2D eigenvalue weighted by molar-refractivity contribution is 0.101. The van der Waals surface area contributed by atoms with Crippen molar-refractivity contribution in [3.63, 3.8) is 0 Å². The molecule has 1 aromatic heterocycles. The molecule has 0 aliphatic carbocycles. The molecule has 2 N–H and O–H groups in total. The third-order valence-electron chi connectivity index (χ3n) is 2.53. The van der Waals surface area contributed by atoms with E-state index < -0.39 is 0 Å². The highest BCUT2D eigenvalue weighted by molar-refractivity contribution is 7.80. The molecule has 0 saturated carbocycles. The van der Waals surface area contributed by atoms with E-state index in [2.05, 4.69) is 15.6 Å². The first kappa shape index (κ1) is 14.4. The van der Waals surface area contributed by atoms with E-state index in [1.54, 1.807) is 36.5 Å². The Morgan fingerprint density at radius 2 is 2.05 bits per heavy atom. The van der Waals surface area contributed by atoms with Crippen LogP contribution in [-0.2, 0) is 0 Å². The van der Waals surface area contributed by atoms with Crippen molar-refractivity contribution in [2.24, 2.45) is 0 Å². The molecule has 102 valence electrons. The molecule has 0 spiro atoms. The minimum atomic E-state index is 0.00262. The van der Waals surface area contributed by atoms with Crippen LogP contribution in [-0.4, -0.2) is 15.9 Å². The van der Waals surface area contributed by atoms with Crippen LogP contribution in [0.3, 0.4) is 0 Å². The van der Waals surface area contributed by atoms with Gasteiger partial charge in [-0.05, 0) is 43.4 Å². The van der Waals surface area contributed by atoms with Gasteiger partial charge in [0.1, 0.15) is 0 Å². The number of rotatable bonds is 3. The molecule has 6 heteroatoms. The van der Waals surface area contributed by atoms with Crippen molar-refractivity contribution in [3.05, 3.63) is 53.3 Å². The Bertz CT molecular complexity index is 660. The molecular formula is C14H12ClN3OS. The fourth-order valence-electron chi connectivity index (χ4n) is 1.58. The zero-order chi connectivity index (χ0) is 14.5. The third kappa shape index (κ3) is 3.76. The van der Waals surface area contributed by atoms with E-state index in [4.69, 9.17) is 23.8 Å². The zero-order valence-corrected chi connectivity index (χ0v) is 12.3. The predicted molar refractivity (Wildman–Crippen MR) is 85.5 cm³/mol. The lowest BCUT2D eigenvalue weighted by Crippen LogP contribution is -2.19. The second-order valence-electron chi connectivity index (χ2n) is 4.06. The number of nitrogens with zero attached hydrogens (tertiary/aromatic N) is 1. The highest BCUT2D eigenvalue weighted by Crippen LogP contribution is 2.18. The second kappa shape index (κ2) is 6.45. The summed E-state index contributed by atoms with van der Waals surface area (Å²) in [6.07, 6.45) is 1.60. The highest BCUT2D eigenvalue weighted by Gasteiger charge is 2.05. The quantitative estimate of drug-likeness (QED) is 0.514. The Morgan fingerprint density at radius 1 is 1.25 bits per heavy atom. The molecule has 1 aromatic carbocycles. The SMILES string of the molecule is CC(=O)c1cccc(NC(=S)Nc2cccnc2Cl)c1. The van der Waals surface area contributed by atoms with Crippen LogP contribution in [0, 0.1) is 0 Å². The monoisotopic (exact) mass is 305 g/mol. The van der Waals surface area contributed by atoms with Crippen molar-refractivity contribution in [1.29, 1.82) is 0 Å². The van der Waals surface area contributed by atoms with Gasteiger partial charge in [-0.1, -0.05) is 23.7 Å². The maximum absolute atomic E-state index is 11.3. The third-order valence-corrected chi connectivity index (χ3v) is 3.04. The topological polar surface area (TPSA) is 54.0 Å². The fraction of sp³-hybridized carbons (Fsp3) is 0.0714. The van der Waals surface area contributed by atoms with Crippen molar-refractivity contribution < 1.29 is 4.79 Å². The molecule has 0 atom stereocenters. The Labute approximate surface area is 127 Å². The molecule has 4 nitrogen and oxygen atoms in total. The maximum Gasteiger partial charge on any atom is 0.175 e. The first-order valence-corrected chi connectivity index (χ1v) is 6.64. The molecule has 2 rings (SSSR count). The van der Waals surface area contributed by atoms with Crippen molar-refractivity contribution in [2.75, 3.05) is 10.6 Å². The Hall–Kier alpha value is -1.98. The molecule has 0 radical (unpaired) electrons. The molecule has 0 aliphatic rings. The number of anilines is 2. The Balaban J connectivity index is 2.07. The summed E-state index contributed by atoms with van der Waals surface area (Å²) in [7, 11) is 0. The molecule has 0 unspecified atom stereocenters. The normalized spacial score (nSPS) is 9.90. The van der Waals surface area contributed by atoms with Crippen LogP contribution in [0.15, 0.2) is 42.6 Å². The van der Waals surface area contributed by atoms with Crippen LogP contribution >= 0.6 is 23.8 Å². The van der Waals surface area contributed by atoms with Gasteiger partial charge < -0.3 is 10.6 Å². The first-order valence-electron chi connectivity index (χ1n) is 5.86. The molecule has 20 heavy (non-hydrogen) atoms. The van der Waals surface area contributed by atoms with Crippen LogP contribution < -0.4 is 10.6 Å². The minimum Gasteiger partial charge on any atom is -0.332 e. The van der Waals surface area contributed by atoms with Gasteiger partial charge in [0, 0.05) is 17.4 Å². The van der Waals surface area contributed by atoms with E-state index in [0.717, 1.165) is 5.69 Å².